The minimum absolute atomic E-state index is 0.0704. The molecular formula is C11H14F3N3O2. The second-order valence-electron chi connectivity index (χ2n) is 3.62. The first-order valence-electron chi connectivity index (χ1n) is 5.56. The lowest BCUT2D eigenvalue weighted by molar-refractivity contribution is -0.137. The van der Waals surface area contributed by atoms with Gasteiger partial charge in [-0.05, 0) is 6.07 Å². The summed E-state index contributed by atoms with van der Waals surface area (Å²) in [6.45, 7) is 0.614. The summed E-state index contributed by atoms with van der Waals surface area (Å²) >= 11 is 0. The third-order valence-electron chi connectivity index (χ3n) is 2.11. The second-order valence-corrected chi connectivity index (χ2v) is 3.62. The Morgan fingerprint density at radius 1 is 1.42 bits per heavy atom. The second kappa shape index (κ2) is 6.93. The molecule has 1 aromatic rings. The summed E-state index contributed by atoms with van der Waals surface area (Å²) in [6.07, 6.45) is -3.50. The Morgan fingerprint density at radius 3 is 2.68 bits per heavy atom. The van der Waals surface area contributed by atoms with Crippen molar-refractivity contribution in [1.82, 2.24) is 10.3 Å². The van der Waals surface area contributed by atoms with E-state index in [9.17, 15) is 18.0 Å². The zero-order chi connectivity index (χ0) is 14.3. The number of carbonyl (C=O) groups excluding carboxylic acids is 1. The summed E-state index contributed by atoms with van der Waals surface area (Å²) in [6, 6.07) is 2.01. The number of alkyl halides is 3. The van der Waals surface area contributed by atoms with Crippen molar-refractivity contribution in [2.24, 2.45) is 5.73 Å². The fourth-order valence-electron chi connectivity index (χ4n) is 1.20. The number of nitrogens with zero attached hydrogens (tertiary/aromatic N) is 1. The summed E-state index contributed by atoms with van der Waals surface area (Å²) in [7, 11) is 0. The monoisotopic (exact) mass is 277 g/mol. The van der Waals surface area contributed by atoms with Crippen molar-refractivity contribution in [3.8, 4) is 5.88 Å². The highest BCUT2D eigenvalue weighted by Gasteiger charge is 2.30. The van der Waals surface area contributed by atoms with Crippen LogP contribution in [-0.2, 0) is 11.0 Å². The molecule has 0 spiro atoms. The number of amides is 1. The fraction of sp³-hybridized carbons (Fsp3) is 0.455. The maximum atomic E-state index is 12.2. The summed E-state index contributed by atoms with van der Waals surface area (Å²) in [5.41, 5.74) is 4.34. The van der Waals surface area contributed by atoms with Gasteiger partial charge in [-0.1, -0.05) is 0 Å². The molecule has 5 nitrogen and oxygen atoms in total. The number of ether oxygens (including phenoxy) is 1. The summed E-state index contributed by atoms with van der Waals surface area (Å²) in [4.78, 5) is 14.5. The van der Waals surface area contributed by atoms with E-state index in [2.05, 4.69) is 10.3 Å². The highest BCUT2D eigenvalue weighted by atomic mass is 19.4. The molecule has 0 saturated heterocycles. The van der Waals surface area contributed by atoms with E-state index in [1.54, 1.807) is 0 Å². The molecule has 1 heterocycles. The predicted octanol–water partition coefficient (Wildman–Crippen LogP) is 0.944. The zero-order valence-electron chi connectivity index (χ0n) is 10.0. The largest absolute Gasteiger partial charge is 0.476 e. The molecule has 0 atom stereocenters. The van der Waals surface area contributed by atoms with Crippen molar-refractivity contribution in [2.45, 2.75) is 12.6 Å². The van der Waals surface area contributed by atoms with Gasteiger partial charge in [0.05, 0.1) is 12.1 Å². The standard InChI is InChI=1S/C11H14F3N3O2/c12-11(13,14)8-1-2-10(17-7-8)19-6-5-16-9(18)3-4-15/h1-2,7H,3-6,15H2,(H,16,18). The molecule has 0 radical (unpaired) electrons. The minimum atomic E-state index is -4.41. The lowest BCUT2D eigenvalue weighted by atomic mass is 10.3. The molecule has 19 heavy (non-hydrogen) atoms. The maximum Gasteiger partial charge on any atom is 0.417 e. The van der Waals surface area contributed by atoms with Crippen LogP contribution in [0.4, 0.5) is 13.2 Å². The number of halogens is 3. The van der Waals surface area contributed by atoms with Crippen molar-refractivity contribution in [1.29, 1.82) is 0 Å². The van der Waals surface area contributed by atoms with E-state index in [0.717, 1.165) is 12.1 Å². The van der Waals surface area contributed by atoms with Crippen LogP contribution >= 0.6 is 0 Å². The molecular weight excluding hydrogens is 263 g/mol. The molecule has 0 aliphatic carbocycles. The van der Waals surface area contributed by atoms with Gasteiger partial charge in [0.2, 0.25) is 11.8 Å². The summed E-state index contributed by atoms with van der Waals surface area (Å²) in [5.74, 6) is -0.132. The molecule has 0 unspecified atom stereocenters. The Kier molecular flexibility index (Phi) is 5.56. The number of pyridine rings is 1. The van der Waals surface area contributed by atoms with E-state index >= 15 is 0 Å². The maximum absolute atomic E-state index is 12.2. The van der Waals surface area contributed by atoms with E-state index in [1.807, 2.05) is 0 Å². The summed E-state index contributed by atoms with van der Waals surface area (Å²) < 4.78 is 41.8. The molecule has 3 N–H and O–H groups in total. The van der Waals surface area contributed by atoms with Gasteiger partial charge in [-0.25, -0.2) is 4.98 Å². The van der Waals surface area contributed by atoms with E-state index in [4.69, 9.17) is 10.5 Å². The van der Waals surface area contributed by atoms with Crippen molar-refractivity contribution in [3.05, 3.63) is 23.9 Å². The van der Waals surface area contributed by atoms with E-state index in [-0.39, 0.29) is 37.9 Å². The molecule has 0 aliphatic rings. The minimum Gasteiger partial charge on any atom is -0.476 e. The van der Waals surface area contributed by atoms with E-state index in [1.165, 1.54) is 0 Å². The van der Waals surface area contributed by atoms with Crippen LogP contribution in [-0.4, -0.2) is 30.6 Å². The van der Waals surface area contributed by atoms with Gasteiger partial charge in [0.1, 0.15) is 6.61 Å². The third kappa shape index (κ3) is 5.56. The fourth-order valence-corrected chi connectivity index (χ4v) is 1.20. The molecule has 0 bridgehead atoms. The predicted molar refractivity (Wildman–Crippen MR) is 61.4 cm³/mol. The number of nitrogens with one attached hydrogen (secondary N) is 1. The quantitative estimate of drug-likeness (QED) is 0.759. The van der Waals surface area contributed by atoms with Gasteiger partial charge in [0.15, 0.2) is 0 Å². The van der Waals surface area contributed by atoms with Crippen LogP contribution in [0.15, 0.2) is 18.3 Å². The van der Waals surface area contributed by atoms with Gasteiger partial charge in [-0.3, -0.25) is 4.79 Å². The molecule has 1 rings (SSSR count). The Hall–Kier alpha value is -1.83. The zero-order valence-corrected chi connectivity index (χ0v) is 10.0. The molecule has 8 heteroatoms. The number of aromatic nitrogens is 1. The van der Waals surface area contributed by atoms with Crippen molar-refractivity contribution in [2.75, 3.05) is 19.7 Å². The molecule has 106 valence electrons. The molecule has 0 aliphatic heterocycles. The van der Waals surface area contributed by atoms with Crippen LogP contribution in [0.1, 0.15) is 12.0 Å². The van der Waals surface area contributed by atoms with Crippen LogP contribution in [0.3, 0.4) is 0 Å². The van der Waals surface area contributed by atoms with Crippen LogP contribution < -0.4 is 15.8 Å². The van der Waals surface area contributed by atoms with Gasteiger partial charge >= 0.3 is 6.18 Å². The van der Waals surface area contributed by atoms with Crippen molar-refractivity contribution in [3.63, 3.8) is 0 Å². The number of rotatable bonds is 6. The Morgan fingerprint density at radius 2 is 2.16 bits per heavy atom. The molecule has 1 aromatic heterocycles. The lowest BCUT2D eigenvalue weighted by Crippen LogP contribution is -2.29. The molecule has 1 amide bonds. The lowest BCUT2D eigenvalue weighted by Gasteiger charge is -2.08. The van der Waals surface area contributed by atoms with Gasteiger partial charge < -0.3 is 15.8 Å². The average molecular weight is 277 g/mol. The van der Waals surface area contributed by atoms with Crippen molar-refractivity contribution < 1.29 is 22.7 Å². The van der Waals surface area contributed by atoms with Gasteiger partial charge in [-0.15, -0.1) is 0 Å². The van der Waals surface area contributed by atoms with E-state index < -0.39 is 11.7 Å². The number of hydrogen-bond donors (Lipinski definition) is 2. The van der Waals surface area contributed by atoms with Gasteiger partial charge in [0, 0.05) is 25.2 Å². The molecule has 0 fully saturated rings. The average Bonchev–Trinajstić information content (AvgIpc) is 2.34. The normalized spacial score (nSPS) is 11.2. The highest BCUT2D eigenvalue weighted by molar-refractivity contribution is 5.75. The molecule has 0 aromatic carbocycles. The van der Waals surface area contributed by atoms with Crippen LogP contribution in [0.25, 0.3) is 0 Å². The van der Waals surface area contributed by atoms with Crippen LogP contribution in [0.5, 0.6) is 5.88 Å². The van der Waals surface area contributed by atoms with Crippen LogP contribution in [0, 0.1) is 0 Å². The van der Waals surface area contributed by atoms with Gasteiger partial charge in [-0.2, -0.15) is 13.2 Å². The smallest absolute Gasteiger partial charge is 0.417 e. The first kappa shape index (κ1) is 15.2. The Bertz CT molecular complexity index is 407. The van der Waals surface area contributed by atoms with Gasteiger partial charge in [0.25, 0.3) is 0 Å². The Labute approximate surface area is 108 Å². The first-order chi connectivity index (χ1) is 8.93. The Balaban J connectivity index is 2.33. The number of nitrogens with two attached hydrogens (primary N) is 1. The van der Waals surface area contributed by atoms with Crippen LogP contribution in [0.2, 0.25) is 0 Å². The SMILES string of the molecule is NCCC(=O)NCCOc1ccc(C(F)(F)F)cn1. The number of carbonyl (C=O) groups is 1. The highest BCUT2D eigenvalue weighted by Crippen LogP contribution is 2.29. The first-order valence-corrected chi connectivity index (χ1v) is 5.56. The van der Waals surface area contributed by atoms with E-state index in [0.29, 0.717) is 6.20 Å². The number of hydrogen-bond acceptors (Lipinski definition) is 4. The topological polar surface area (TPSA) is 77.2 Å². The van der Waals surface area contributed by atoms with Crippen molar-refractivity contribution >= 4 is 5.91 Å². The third-order valence-corrected chi connectivity index (χ3v) is 2.11. The summed E-state index contributed by atoms with van der Waals surface area (Å²) in [5, 5.41) is 2.54. The molecule has 0 saturated carbocycles.